The number of nitrogens with zero attached hydrogens (tertiary/aromatic N) is 1. The van der Waals surface area contributed by atoms with E-state index in [0.29, 0.717) is 12.8 Å². The molecule has 0 spiro atoms. The number of ether oxygens (including phenoxy) is 2. The molecular formula is C26H40N2O6S. The van der Waals surface area contributed by atoms with Crippen LogP contribution in [0.4, 0.5) is 4.79 Å². The summed E-state index contributed by atoms with van der Waals surface area (Å²) in [6.07, 6.45) is 2.69. The summed E-state index contributed by atoms with van der Waals surface area (Å²) in [7, 11) is 0. The maximum Gasteiger partial charge on any atom is 0.404 e. The number of amides is 1. The number of thiazole rings is 1. The fourth-order valence-electron chi connectivity index (χ4n) is 4.20. The second-order valence-electron chi connectivity index (χ2n) is 10.3. The van der Waals surface area contributed by atoms with Gasteiger partial charge in [-0.3, -0.25) is 9.59 Å². The molecule has 35 heavy (non-hydrogen) atoms. The summed E-state index contributed by atoms with van der Waals surface area (Å²) in [6, 6.07) is 0. The zero-order chi connectivity index (χ0) is 26.2. The van der Waals surface area contributed by atoms with Gasteiger partial charge in [-0.15, -0.1) is 11.3 Å². The Morgan fingerprint density at radius 2 is 2.00 bits per heavy atom. The first kappa shape index (κ1) is 29.0. The molecular weight excluding hydrogens is 468 g/mol. The average molecular weight is 509 g/mol. The van der Waals surface area contributed by atoms with Gasteiger partial charge in [-0.25, -0.2) is 9.78 Å². The standard InChI is InChI=1S/C26H40N2O6S/c1-16-8-6-7-9-20(33-25(27)32)13-22(17(2)12-19-15-35-18(3)28-19)34-24(31)10-11-26(4,5)23(30)14-21(16)29/h12,15-16,20-22,29H,6-11,13-14H2,1-5H3,(H2,27,32)/b17-12+/t16-,20?,21?,22?/m0/s1. The third-order valence-corrected chi connectivity index (χ3v) is 7.54. The Balaban J connectivity index is 2.28. The number of aliphatic hydroxyl groups is 1. The number of cyclic esters (lactones) is 1. The van der Waals surface area contributed by atoms with E-state index in [-0.39, 0.29) is 31.0 Å². The summed E-state index contributed by atoms with van der Waals surface area (Å²) in [5.41, 5.74) is 6.13. The van der Waals surface area contributed by atoms with Gasteiger partial charge in [-0.2, -0.15) is 0 Å². The number of aliphatic hydroxyl groups excluding tert-OH is 1. The summed E-state index contributed by atoms with van der Waals surface area (Å²) in [6.45, 7) is 9.32. The second-order valence-corrected chi connectivity index (χ2v) is 11.4. The molecule has 0 radical (unpaired) electrons. The van der Waals surface area contributed by atoms with Gasteiger partial charge >= 0.3 is 12.1 Å². The van der Waals surface area contributed by atoms with Crippen molar-refractivity contribution in [3.8, 4) is 0 Å². The maximum atomic E-state index is 12.8. The van der Waals surface area contributed by atoms with E-state index in [2.05, 4.69) is 4.98 Å². The maximum absolute atomic E-state index is 12.8. The minimum Gasteiger partial charge on any atom is -0.458 e. The number of aryl methyl sites for hydroxylation is 1. The summed E-state index contributed by atoms with van der Waals surface area (Å²) in [5.74, 6) is -0.530. The lowest BCUT2D eigenvalue weighted by Gasteiger charge is -2.28. The van der Waals surface area contributed by atoms with E-state index in [9.17, 15) is 19.5 Å². The van der Waals surface area contributed by atoms with Crippen molar-refractivity contribution in [2.45, 2.75) is 104 Å². The van der Waals surface area contributed by atoms with Crippen molar-refractivity contribution in [3.05, 3.63) is 21.7 Å². The SMILES string of the molecule is C/C(=C\c1csc(C)n1)C1CC(OC(N)=O)CCCC[C@H](C)C(O)CC(=O)C(C)(C)CCC(=O)O1. The van der Waals surface area contributed by atoms with E-state index in [1.54, 1.807) is 13.8 Å². The Labute approximate surface area is 212 Å². The Morgan fingerprint density at radius 3 is 2.63 bits per heavy atom. The highest BCUT2D eigenvalue weighted by Crippen LogP contribution is 2.30. The number of carbonyl (C=O) groups is 3. The lowest BCUT2D eigenvalue weighted by Crippen LogP contribution is -2.33. The smallest absolute Gasteiger partial charge is 0.404 e. The van der Waals surface area contributed by atoms with Crippen LogP contribution in [0.25, 0.3) is 6.08 Å². The summed E-state index contributed by atoms with van der Waals surface area (Å²) < 4.78 is 11.2. The van der Waals surface area contributed by atoms with Crippen LogP contribution in [-0.2, 0) is 19.1 Å². The van der Waals surface area contributed by atoms with Crippen LogP contribution >= 0.6 is 11.3 Å². The molecule has 1 aliphatic rings. The number of esters is 1. The molecule has 3 N–H and O–H groups in total. The van der Waals surface area contributed by atoms with Crippen LogP contribution in [0.15, 0.2) is 11.0 Å². The molecule has 1 aliphatic heterocycles. The van der Waals surface area contributed by atoms with Crippen LogP contribution < -0.4 is 5.73 Å². The van der Waals surface area contributed by atoms with Gasteiger partial charge in [0.2, 0.25) is 0 Å². The minimum absolute atomic E-state index is 0.0392. The highest BCUT2D eigenvalue weighted by atomic mass is 32.1. The van der Waals surface area contributed by atoms with Gasteiger partial charge < -0.3 is 20.3 Å². The largest absolute Gasteiger partial charge is 0.458 e. The van der Waals surface area contributed by atoms with Crippen LogP contribution in [0.3, 0.4) is 0 Å². The molecule has 2 rings (SSSR count). The number of primary amides is 1. The summed E-state index contributed by atoms with van der Waals surface area (Å²) in [4.78, 5) is 41.7. The van der Waals surface area contributed by atoms with Crippen LogP contribution in [0.2, 0.25) is 0 Å². The van der Waals surface area contributed by atoms with Crippen molar-refractivity contribution >= 4 is 35.3 Å². The topological polar surface area (TPSA) is 129 Å². The first-order valence-electron chi connectivity index (χ1n) is 12.3. The Morgan fingerprint density at radius 1 is 1.31 bits per heavy atom. The summed E-state index contributed by atoms with van der Waals surface area (Å²) >= 11 is 1.53. The molecule has 4 atom stereocenters. The zero-order valence-electron chi connectivity index (χ0n) is 21.5. The molecule has 8 nitrogen and oxygen atoms in total. The molecule has 0 saturated carbocycles. The fraction of sp³-hybridized carbons (Fsp3) is 0.692. The Hall–Kier alpha value is -2.26. The lowest BCUT2D eigenvalue weighted by molar-refractivity contribution is -0.149. The van der Waals surface area contributed by atoms with Crippen molar-refractivity contribution in [2.24, 2.45) is 17.1 Å². The molecule has 1 saturated heterocycles. The molecule has 1 aromatic heterocycles. The molecule has 1 amide bonds. The number of hydrogen-bond acceptors (Lipinski definition) is 8. The first-order chi connectivity index (χ1) is 16.4. The molecule has 1 fully saturated rings. The predicted molar refractivity (Wildman–Crippen MR) is 136 cm³/mol. The number of ketones is 1. The predicted octanol–water partition coefficient (Wildman–Crippen LogP) is 4.96. The van der Waals surface area contributed by atoms with Crippen molar-refractivity contribution < 1.29 is 29.0 Å². The number of Topliss-reactive ketones (excluding diaryl/α,β-unsaturated/α-hetero) is 1. The van der Waals surface area contributed by atoms with E-state index in [1.807, 2.05) is 32.2 Å². The highest BCUT2D eigenvalue weighted by Gasteiger charge is 2.32. The third kappa shape index (κ3) is 9.72. The van der Waals surface area contributed by atoms with Gasteiger partial charge in [0, 0.05) is 30.1 Å². The Kier molecular flexibility index (Phi) is 10.9. The molecule has 9 heteroatoms. The molecule has 0 bridgehead atoms. The molecule has 1 aromatic rings. The average Bonchev–Trinajstić information content (AvgIpc) is 3.17. The summed E-state index contributed by atoms with van der Waals surface area (Å²) in [5, 5.41) is 13.4. The van der Waals surface area contributed by atoms with E-state index < -0.39 is 35.8 Å². The van der Waals surface area contributed by atoms with Crippen molar-refractivity contribution in [1.82, 2.24) is 4.98 Å². The lowest BCUT2D eigenvalue weighted by atomic mass is 9.79. The first-order valence-corrected chi connectivity index (χ1v) is 13.2. The monoisotopic (exact) mass is 508 g/mol. The number of carbonyl (C=O) groups excluding carboxylic acids is 3. The molecule has 2 heterocycles. The highest BCUT2D eigenvalue weighted by molar-refractivity contribution is 7.09. The van der Waals surface area contributed by atoms with E-state index >= 15 is 0 Å². The zero-order valence-corrected chi connectivity index (χ0v) is 22.4. The van der Waals surface area contributed by atoms with Crippen molar-refractivity contribution in [2.75, 3.05) is 0 Å². The molecule has 3 unspecified atom stereocenters. The van der Waals surface area contributed by atoms with Crippen LogP contribution in [-0.4, -0.2) is 46.2 Å². The number of nitrogens with two attached hydrogens (primary N) is 1. The second kappa shape index (κ2) is 13.2. The quantitative estimate of drug-likeness (QED) is 0.552. The van der Waals surface area contributed by atoms with Gasteiger partial charge in [0.1, 0.15) is 18.0 Å². The van der Waals surface area contributed by atoms with Crippen molar-refractivity contribution in [3.63, 3.8) is 0 Å². The molecule has 0 aromatic carbocycles. The van der Waals surface area contributed by atoms with E-state index in [1.165, 1.54) is 11.3 Å². The number of rotatable bonds is 3. The van der Waals surface area contributed by atoms with Gasteiger partial charge in [-0.05, 0) is 57.1 Å². The van der Waals surface area contributed by atoms with E-state index in [0.717, 1.165) is 35.5 Å². The minimum atomic E-state index is -0.865. The third-order valence-electron chi connectivity index (χ3n) is 6.75. The van der Waals surface area contributed by atoms with Crippen LogP contribution in [0.5, 0.6) is 0 Å². The van der Waals surface area contributed by atoms with Gasteiger partial charge in [0.05, 0.1) is 16.8 Å². The fourth-order valence-corrected chi connectivity index (χ4v) is 4.77. The molecule has 0 aliphatic carbocycles. The number of aromatic nitrogens is 1. The van der Waals surface area contributed by atoms with Gasteiger partial charge in [0.15, 0.2) is 0 Å². The van der Waals surface area contributed by atoms with Crippen LogP contribution in [0.1, 0.15) is 89.8 Å². The van der Waals surface area contributed by atoms with Crippen molar-refractivity contribution in [1.29, 1.82) is 0 Å². The van der Waals surface area contributed by atoms with Gasteiger partial charge in [0.25, 0.3) is 0 Å². The Bertz CT molecular complexity index is 909. The van der Waals surface area contributed by atoms with Crippen LogP contribution in [0, 0.1) is 18.3 Å². The normalized spacial score (nSPS) is 27.8. The van der Waals surface area contributed by atoms with Gasteiger partial charge in [-0.1, -0.05) is 27.2 Å². The number of hydrogen-bond donors (Lipinski definition) is 2. The molecule has 196 valence electrons. The van der Waals surface area contributed by atoms with E-state index in [4.69, 9.17) is 15.2 Å².